The van der Waals surface area contributed by atoms with Gasteiger partial charge in [-0.3, -0.25) is 0 Å². The van der Waals surface area contributed by atoms with Gasteiger partial charge in [-0.05, 0) is 36.8 Å². The van der Waals surface area contributed by atoms with Crippen LogP contribution in [0.1, 0.15) is 25.3 Å². The normalized spacial score (nSPS) is 14.5. The van der Waals surface area contributed by atoms with E-state index in [1.165, 1.54) is 6.42 Å². The molecular formula is C23H17FN4S. The lowest BCUT2D eigenvalue weighted by atomic mass is 9.93. The van der Waals surface area contributed by atoms with Crippen LogP contribution < -0.4 is 0 Å². The monoisotopic (exact) mass is 400 g/mol. The Labute approximate surface area is 170 Å². The van der Waals surface area contributed by atoms with Crippen molar-refractivity contribution in [2.45, 2.75) is 25.3 Å². The summed E-state index contributed by atoms with van der Waals surface area (Å²) in [6.07, 6.45) is 8.89. The summed E-state index contributed by atoms with van der Waals surface area (Å²) in [6, 6.07) is 12.1. The molecule has 0 bridgehead atoms. The zero-order valence-electron chi connectivity index (χ0n) is 15.5. The Kier molecular flexibility index (Phi) is 3.74. The van der Waals surface area contributed by atoms with Crippen molar-refractivity contribution in [1.29, 1.82) is 0 Å². The Morgan fingerprint density at radius 2 is 1.97 bits per heavy atom. The number of thiophene rings is 1. The van der Waals surface area contributed by atoms with Crippen molar-refractivity contribution in [1.82, 2.24) is 19.5 Å². The van der Waals surface area contributed by atoms with Gasteiger partial charge in [0.25, 0.3) is 0 Å². The van der Waals surface area contributed by atoms with Gasteiger partial charge in [-0.2, -0.15) is 0 Å². The highest BCUT2D eigenvalue weighted by atomic mass is 32.1. The van der Waals surface area contributed by atoms with E-state index in [-0.39, 0.29) is 5.82 Å². The summed E-state index contributed by atoms with van der Waals surface area (Å²) >= 11 is 1.60. The lowest BCUT2D eigenvalue weighted by Gasteiger charge is -2.27. The van der Waals surface area contributed by atoms with E-state index < -0.39 is 0 Å². The Morgan fingerprint density at radius 1 is 1.07 bits per heavy atom. The summed E-state index contributed by atoms with van der Waals surface area (Å²) in [4.78, 5) is 14.4. The zero-order valence-corrected chi connectivity index (χ0v) is 16.4. The molecule has 142 valence electrons. The highest BCUT2D eigenvalue weighted by molar-refractivity contribution is 7.13. The lowest BCUT2D eigenvalue weighted by Crippen LogP contribution is -2.16. The molecule has 1 saturated carbocycles. The predicted octanol–water partition coefficient (Wildman–Crippen LogP) is 6.24. The van der Waals surface area contributed by atoms with Crippen molar-refractivity contribution in [3.05, 3.63) is 66.3 Å². The third-order valence-corrected chi connectivity index (χ3v) is 6.72. The molecule has 0 saturated heterocycles. The van der Waals surface area contributed by atoms with Gasteiger partial charge in [-0.1, -0.05) is 24.3 Å². The van der Waals surface area contributed by atoms with E-state index in [1.807, 2.05) is 48.0 Å². The minimum atomic E-state index is -0.294. The van der Waals surface area contributed by atoms with Gasteiger partial charge in [0.05, 0.1) is 10.6 Å². The summed E-state index contributed by atoms with van der Waals surface area (Å²) in [5, 5.41) is 3.68. The fourth-order valence-corrected chi connectivity index (χ4v) is 4.77. The number of halogens is 1. The van der Waals surface area contributed by atoms with Crippen LogP contribution >= 0.6 is 11.3 Å². The Bertz CT molecular complexity index is 1350. The van der Waals surface area contributed by atoms with Gasteiger partial charge in [-0.25, -0.2) is 19.3 Å². The van der Waals surface area contributed by atoms with Crippen LogP contribution in [0.15, 0.2) is 60.5 Å². The smallest absolute Gasteiger partial charge is 0.157 e. The molecule has 4 nitrogen and oxygen atoms in total. The maximum atomic E-state index is 15.7. The van der Waals surface area contributed by atoms with Crippen molar-refractivity contribution >= 4 is 33.3 Å². The highest BCUT2D eigenvalue weighted by Crippen LogP contribution is 2.39. The summed E-state index contributed by atoms with van der Waals surface area (Å²) in [5.74, 6) is -0.294. The maximum Gasteiger partial charge on any atom is 0.157 e. The Morgan fingerprint density at radius 3 is 2.76 bits per heavy atom. The Balaban J connectivity index is 1.57. The molecule has 1 aromatic carbocycles. The van der Waals surface area contributed by atoms with Gasteiger partial charge in [0.15, 0.2) is 5.82 Å². The van der Waals surface area contributed by atoms with Crippen LogP contribution in [0.2, 0.25) is 0 Å². The van der Waals surface area contributed by atoms with Crippen molar-refractivity contribution in [2.75, 3.05) is 0 Å². The van der Waals surface area contributed by atoms with E-state index in [1.54, 1.807) is 23.9 Å². The summed E-state index contributed by atoms with van der Waals surface area (Å²) in [7, 11) is 0. The number of rotatable bonds is 3. The molecule has 0 aliphatic heterocycles. The molecule has 0 spiro atoms. The molecule has 1 aliphatic carbocycles. The molecule has 6 heteroatoms. The quantitative estimate of drug-likeness (QED) is 0.360. The molecule has 4 aromatic heterocycles. The first-order valence-electron chi connectivity index (χ1n) is 9.73. The van der Waals surface area contributed by atoms with Gasteiger partial charge in [0.1, 0.15) is 17.5 Å². The molecule has 5 aromatic rings. The van der Waals surface area contributed by atoms with Crippen LogP contribution in [0.3, 0.4) is 0 Å². The van der Waals surface area contributed by atoms with Crippen LogP contribution in [-0.2, 0) is 0 Å². The molecule has 29 heavy (non-hydrogen) atoms. The second kappa shape index (κ2) is 6.46. The van der Waals surface area contributed by atoms with E-state index in [0.29, 0.717) is 17.1 Å². The SMILES string of the molecule is Fc1c(-c2cn(C3CCC3)c3ncncc23)ccc2ccc(-c3cccs3)nc12. The zero-order chi connectivity index (χ0) is 19.4. The summed E-state index contributed by atoms with van der Waals surface area (Å²) in [5.41, 5.74) is 3.44. The lowest BCUT2D eigenvalue weighted by molar-refractivity contribution is 0.320. The number of pyridine rings is 1. The average molecular weight is 400 g/mol. The van der Waals surface area contributed by atoms with E-state index in [0.717, 1.165) is 45.4 Å². The van der Waals surface area contributed by atoms with Gasteiger partial charge in [0.2, 0.25) is 0 Å². The van der Waals surface area contributed by atoms with Crippen LogP contribution in [-0.4, -0.2) is 19.5 Å². The fourth-order valence-electron chi connectivity index (χ4n) is 4.07. The van der Waals surface area contributed by atoms with Gasteiger partial charge in [-0.15, -0.1) is 11.3 Å². The largest absolute Gasteiger partial charge is 0.329 e. The molecule has 1 fully saturated rings. The second-order valence-corrected chi connectivity index (χ2v) is 8.42. The molecular weight excluding hydrogens is 383 g/mol. The second-order valence-electron chi connectivity index (χ2n) is 7.47. The first-order valence-corrected chi connectivity index (χ1v) is 10.6. The predicted molar refractivity (Wildman–Crippen MR) is 114 cm³/mol. The first kappa shape index (κ1) is 16.8. The van der Waals surface area contributed by atoms with Crippen molar-refractivity contribution < 1.29 is 4.39 Å². The summed E-state index contributed by atoms with van der Waals surface area (Å²) in [6.45, 7) is 0. The van der Waals surface area contributed by atoms with Gasteiger partial charge >= 0.3 is 0 Å². The van der Waals surface area contributed by atoms with E-state index >= 15 is 4.39 Å². The number of hydrogen-bond acceptors (Lipinski definition) is 4. The van der Waals surface area contributed by atoms with E-state index in [9.17, 15) is 0 Å². The molecule has 6 rings (SSSR count). The van der Waals surface area contributed by atoms with Crippen molar-refractivity contribution in [3.63, 3.8) is 0 Å². The average Bonchev–Trinajstić information content (AvgIpc) is 3.36. The van der Waals surface area contributed by atoms with Crippen LogP contribution in [0, 0.1) is 5.82 Å². The molecule has 1 aliphatic rings. The highest BCUT2D eigenvalue weighted by Gasteiger charge is 2.24. The minimum Gasteiger partial charge on any atom is -0.329 e. The van der Waals surface area contributed by atoms with Crippen molar-refractivity contribution in [2.24, 2.45) is 0 Å². The van der Waals surface area contributed by atoms with Crippen molar-refractivity contribution in [3.8, 4) is 21.7 Å². The maximum absolute atomic E-state index is 15.7. The number of benzene rings is 1. The molecule has 4 heterocycles. The topological polar surface area (TPSA) is 43.6 Å². The molecule has 0 amide bonds. The molecule has 0 radical (unpaired) electrons. The first-order chi connectivity index (χ1) is 14.3. The standard InChI is InChI=1S/C23H17FN4S/c24-21-16(8-6-14-7-9-19(27-22(14)21)20-5-2-10-29-20)18-12-28(15-3-1-4-15)23-17(18)11-25-13-26-23/h2,5-13,15H,1,3-4H2. The molecule has 0 atom stereocenters. The Hall–Kier alpha value is -3.12. The fraction of sp³-hybridized carbons (Fsp3) is 0.174. The molecule has 0 unspecified atom stereocenters. The number of hydrogen-bond donors (Lipinski definition) is 0. The number of fused-ring (bicyclic) bond motifs is 2. The van der Waals surface area contributed by atoms with Crippen LogP contribution in [0.4, 0.5) is 4.39 Å². The van der Waals surface area contributed by atoms with Gasteiger partial charge < -0.3 is 4.57 Å². The van der Waals surface area contributed by atoms with Gasteiger partial charge in [0, 0.05) is 40.3 Å². The van der Waals surface area contributed by atoms with Crippen LogP contribution in [0.5, 0.6) is 0 Å². The van der Waals surface area contributed by atoms with E-state index in [2.05, 4.69) is 19.5 Å². The number of aromatic nitrogens is 4. The third kappa shape index (κ3) is 2.59. The third-order valence-electron chi connectivity index (χ3n) is 5.83. The number of nitrogens with zero attached hydrogens (tertiary/aromatic N) is 4. The molecule has 0 N–H and O–H groups in total. The summed E-state index contributed by atoms with van der Waals surface area (Å²) < 4.78 is 17.9. The van der Waals surface area contributed by atoms with E-state index in [4.69, 9.17) is 0 Å². The minimum absolute atomic E-state index is 0.294. The van der Waals surface area contributed by atoms with Crippen LogP contribution in [0.25, 0.3) is 43.6 Å².